The molecule has 2 N–H and O–H groups in total. The minimum Gasteiger partial charge on any atom is -0.496 e. The van der Waals surface area contributed by atoms with Gasteiger partial charge < -0.3 is 15.2 Å². The van der Waals surface area contributed by atoms with Crippen LogP contribution in [0, 0.1) is 6.92 Å². The summed E-state index contributed by atoms with van der Waals surface area (Å²) >= 11 is 0. The van der Waals surface area contributed by atoms with Gasteiger partial charge in [0.05, 0.1) is 18.7 Å². The first-order valence-electron chi connectivity index (χ1n) is 9.93. The van der Waals surface area contributed by atoms with E-state index < -0.39 is 29.7 Å². The molecule has 31 heavy (non-hydrogen) atoms. The highest BCUT2D eigenvalue weighted by atomic mass is 19.4. The number of methoxy groups -OCH3 is 1. The minimum atomic E-state index is -4.86. The average molecular weight is 431 g/mol. The van der Waals surface area contributed by atoms with E-state index in [1.165, 1.54) is 7.11 Å². The summed E-state index contributed by atoms with van der Waals surface area (Å²) < 4.78 is 48.4. The number of nitrogens with one attached hydrogen (secondary N) is 1. The lowest BCUT2D eigenvalue weighted by Gasteiger charge is -2.49. The van der Waals surface area contributed by atoms with E-state index in [-0.39, 0.29) is 0 Å². The zero-order chi connectivity index (χ0) is 22.6. The van der Waals surface area contributed by atoms with Crippen LogP contribution < -0.4 is 10.1 Å². The first-order valence-corrected chi connectivity index (χ1v) is 9.93. The molecule has 2 aromatic carbocycles. The lowest BCUT2D eigenvalue weighted by atomic mass is 9.63. The van der Waals surface area contributed by atoms with E-state index in [4.69, 9.17) is 4.74 Å². The Hall–Kier alpha value is -2.87. The summed E-state index contributed by atoms with van der Waals surface area (Å²) in [6.07, 6.45) is -3.80. The van der Waals surface area contributed by atoms with Crippen LogP contribution in [0.2, 0.25) is 0 Å². The van der Waals surface area contributed by atoms with Crippen molar-refractivity contribution in [3.05, 3.63) is 59.5 Å². The Morgan fingerprint density at radius 3 is 2.55 bits per heavy atom. The number of ether oxygens (including phenoxy) is 1. The predicted molar refractivity (Wildman–Crippen MR) is 112 cm³/mol. The molecule has 0 bridgehead atoms. The van der Waals surface area contributed by atoms with Gasteiger partial charge >= 0.3 is 6.18 Å². The zero-order valence-corrected chi connectivity index (χ0v) is 17.7. The molecule has 0 fully saturated rings. The number of benzene rings is 2. The lowest BCUT2D eigenvalue weighted by Crippen LogP contribution is -2.58. The summed E-state index contributed by atoms with van der Waals surface area (Å²) in [4.78, 5) is 8.54. The number of anilines is 1. The topological polar surface area (TPSA) is 67.3 Å². The third-order valence-electron chi connectivity index (χ3n) is 5.99. The Labute approximate surface area is 178 Å². The van der Waals surface area contributed by atoms with E-state index in [1.807, 2.05) is 0 Å². The number of aromatic nitrogens is 2. The van der Waals surface area contributed by atoms with Crippen molar-refractivity contribution in [2.24, 2.45) is 0 Å². The van der Waals surface area contributed by atoms with Crippen LogP contribution in [0.15, 0.2) is 42.6 Å². The van der Waals surface area contributed by atoms with Gasteiger partial charge in [-0.3, -0.25) is 0 Å². The third kappa shape index (κ3) is 3.39. The van der Waals surface area contributed by atoms with Crippen LogP contribution in [0.3, 0.4) is 0 Å². The second-order valence-corrected chi connectivity index (χ2v) is 8.64. The van der Waals surface area contributed by atoms with E-state index in [0.29, 0.717) is 39.3 Å². The Morgan fingerprint density at radius 2 is 1.87 bits per heavy atom. The number of hydrogen-bond acceptors (Lipinski definition) is 5. The molecule has 4 rings (SSSR count). The number of fused-ring (bicyclic) bond motifs is 2. The van der Waals surface area contributed by atoms with Crippen LogP contribution in [-0.2, 0) is 5.41 Å². The van der Waals surface area contributed by atoms with Crippen LogP contribution in [-0.4, -0.2) is 34.0 Å². The molecule has 0 radical (unpaired) electrons. The van der Waals surface area contributed by atoms with Gasteiger partial charge in [-0.05, 0) is 42.5 Å². The molecule has 1 aliphatic rings. The fourth-order valence-corrected chi connectivity index (χ4v) is 4.69. The van der Waals surface area contributed by atoms with E-state index in [0.717, 1.165) is 0 Å². The van der Waals surface area contributed by atoms with Crippen molar-refractivity contribution in [3.63, 3.8) is 0 Å². The van der Waals surface area contributed by atoms with Gasteiger partial charge in [-0.25, -0.2) is 9.97 Å². The first-order chi connectivity index (χ1) is 14.5. The number of aryl methyl sites for hydroxylation is 1. The fourth-order valence-electron chi connectivity index (χ4n) is 4.69. The second-order valence-electron chi connectivity index (χ2n) is 8.64. The molecule has 0 spiro atoms. The largest absolute Gasteiger partial charge is 0.496 e. The van der Waals surface area contributed by atoms with Crippen molar-refractivity contribution < 1.29 is 23.0 Å². The summed E-state index contributed by atoms with van der Waals surface area (Å²) in [5.74, 6) is 1.06. The predicted octanol–water partition coefficient (Wildman–Crippen LogP) is 5.07. The highest BCUT2D eigenvalue weighted by molar-refractivity contribution is 5.91. The zero-order valence-electron chi connectivity index (χ0n) is 17.7. The van der Waals surface area contributed by atoms with Crippen molar-refractivity contribution in [3.8, 4) is 5.75 Å². The molecule has 8 heteroatoms. The Kier molecular flexibility index (Phi) is 4.88. The summed E-state index contributed by atoms with van der Waals surface area (Å²) in [5.41, 5.74) is -1.95. The number of hydrogen-bond donors (Lipinski definition) is 2. The molecule has 0 saturated carbocycles. The van der Waals surface area contributed by atoms with Gasteiger partial charge in [0.25, 0.3) is 0 Å². The highest BCUT2D eigenvalue weighted by Gasteiger charge is 2.64. The number of nitrogens with zero attached hydrogens (tertiary/aromatic N) is 2. The van der Waals surface area contributed by atoms with Crippen LogP contribution in [0.1, 0.15) is 43.3 Å². The van der Waals surface area contributed by atoms with Gasteiger partial charge in [-0.2, -0.15) is 13.2 Å². The van der Waals surface area contributed by atoms with Gasteiger partial charge in [-0.15, -0.1) is 0 Å². The van der Waals surface area contributed by atoms with Gasteiger partial charge in [0.15, 0.2) is 5.60 Å². The Balaban J connectivity index is 1.94. The maximum atomic E-state index is 14.3. The molecular weight excluding hydrogens is 407 g/mol. The quantitative estimate of drug-likeness (QED) is 0.606. The molecule has 1 heterocycles. The SMILES string of the molecule is COc1cccc2c1C(C)(C)CC(O)(C(F)(F)F)C2Nc1cccc2nc(C)ncc12. The van der Waals surface area contributed by atoms with Crippen molar-refractivity contribution >= 4 is 16.6 Å². The molecule has 2 unspecified atom stereocenters. The summed E-state index contributed by atoms with van der Waals surface area (Å²) in [5, 5.41) is 14.7. The second kappa shape index (κ2) is 7.09. The molecule has 5 nitrogen and oxygen atoms in total. The summed E-state index contributed by atoms with van der Waals surface area (Å²) in [6.45, 7) is 5.12. The third-order valence-corrected chi connectivity index (χ3v) is 5.99. The van der Waals surface area contributed by atoms with Crippen molar-refractivity contribution in [2.75, 3.05) is 12.4 Å². The molecule has 2 atom stereocenters. The molecule has 0 aliphatic heterocycles. The molecule has 1 aromatic heterocycles. The summed E-state index contributed by atoms with van der Waals surface area (Å²) in [7, 11) is 1.49. The Bertz CT molecular complexity index is 1150. The Morgan fingerprint density at radius 1 is 1.16 bits per heavy atom. The van der Waals surface area contributed by atoms with E-state index >= 15 is 0 Å². The van der Waals surface area contributed by atoms with Gasteiger partial charge in [0.2, 0.25) is 0 Å². The molecule has 1 aliphatic carbocycles. The molecule has 0 saturated heterocycles. The number of alkyl halides is 3. The van der Waals surface area contributed by atoms with Crippen molar-refractivity contribution in [2.45, 2.75) is 50.4 Å². The standard InChI is InChI=1S/C23H24F3N3O2/c1-13-27-11-15-16(28-13)8-6-9-17(15)29-20-14-7-5-10-18(31-4)19(14)21(2,3)12-22(20,30)23(24,25)26/h5-11,20,29-30H,12H2,1-4H3. The van der Waals surface area contributed by atoms with E-state index in [9.17, 15) is 18.3 Å². The smallest absolute Gasteiger partial charge is 0.419 e. The first kappa shape index (κ1) is 21.4. The number of rotatable bonds is 3. The maximum Gasteiger partial charge on any atom is 0.419 e. The van der Waals surface area contributed by atoms with Crippen LogP contribution in [0.4, 0.5) is 18.9 Å². The van der Waals surface area contributed by atoms with Crippen LogP contribution >= 0.6 is 0 Å². The van der Waals surface area contributed by atoms with Gasteiger partial charge in [0.1, 0.15) is 11.6 Å². The number of halogens is 3. The summed E-state index contributed by atoms with van der Waals surface area (Å²) in [6, 6.07) is 8.67. The molecule has 164 valence electrons. The van der Waals surface area contributed by atoms with Gasteiger partial charge in [-0.1, -0.05) is 32.0 Å². The monoisotopic (exact) mass is 431 g/mol. The normalized spacial score (nSPS) is 22.8. The van der Waals surface area contributed by atoms with Crippen molar-refractivity contribution in [1.82, 2.24) is 9.97 Å². The molecule has 3 aromatic rings. The minimum absolute atomic E-state index is 0.348. The van der Waals surface area contributed by atoms with Gasteiger partial charge in [0, 0.05) is 22.8 Å². The molecule has 0 amide bonds. The van der Waals surface area contributed by atoms with Crippen LogP contribution in [0.5, 0.6) is 5.75 Å². The number of aliphatic hydroxyl groups is 1. The average Bonchev–Trinajstić information content (AvgIpc) is 2.69. The lowest BCUT2D eigenvalue weighted by molar-refractivity contribution is -0.275. The van der Waals surface area contributed by atoms with E-state index in [1.54, 1.807) is 63.4 Å². The van der Waals surface area contributed by atoms with Crippen molar-refractivity contribution in [1.29, 1.82) is 0 Å². The maximum absolute atomic E-state index is 14.3. The van der Waals surface area contributed by atoms with E-state index in [2.05, 4.69) is 15.3 Å². The van der Waals surface area contributed by atoms with Crippen LogP contribution in [0.25, 0.3) is 10.9 Å². The highest BCUT2D eigenvalue weighted by Crippen LogP contribution is 2.56. The fraction of sp³-hybridized carbons (Fsp3) is 0.391. The molecular formula is C23H24F3N3O2.